The lowest BCUT2D eigenvalue weighted by Crippen LogP contribution is -2.24. The molecule has 0 heterocycles. The van der Waals surface area contributed by atoms with Crippen molar-refractivity contribution in [2.24, 2.45) is 17.6 Å². The van der Waals surface area contributed by atoms with Crippen molar-refractivity contribution in [1.82, 2.24) is 0 Å². The van der Waals surface area contributed by atoms with E-state index in [2.05, 4.69) is 6.92 Å². The molecule has 3 heteroatoms. The van der Waals surface area contributed by atoms with E-state index in [9.17, 15) is 4.39 Å². The Hall–Kier alpha value is -1.09. The van der Waals surface area contributed by atoms with Crippen LogP contribution in [0.3, 0.4) is 0 Å². The van der Waals surface area contributed by atoms with Crippen LogP contribution in [-0.4, -0.2) is 13.6 Å². The van der Waals surface area contributed by atoms with Crippen LogP contribution < -0.4 is 10.6 Å². The van der Waals surface area contributed by atoms with Crippen LogP contribution in [0.5, 0.6) is 0 Å². The quantitative estimate of drug-likeness (QED) is 0.871. The molecule has 1 aromatic carbocycles. The van der Waals surface area contributed by atoms with Crippen molar-refractivity contribution in [1.29, 1.82) is 0 Å². The van der Waals surface area contributed by atoms with Crippen molar-refractivity contribution in [2.45, 2.75) is 26.3 Å². The maximum Gasteiger partial charge on any atom is 0.146 e. The van der Waals surface area contributed by atoms with Gasteiger partial charge in [-0.05, 0) is 36.8 Å². The lowest BCUT2D eigenvalue weighted by molar-refractivity contribution is 0.610. The second kappa shape index (κ2) is 4.65. The summed E-state index contributed by atoms with van der Waals surface area (Å²) in [5, 5.41) is 0. The van der Waals surface area contributed by atoms with Crippen LogP contribution >= 0.6 is 0 Å². The Labute approximate surface area is 103 Å². The highest BCUT2D eigenvalue weighted by molar-refractivity contribution is 5.55. The molecule has 0 bridgehead atoms. The topological polar surface area (TPSA) is 29.3 Å². The maximum absolute atomic E-state index is 13.9. The summed E-state index contributed by atoms with van der Waals surface area (Å²) in [6.45, 7) is 5.06. The van der Waals surface area contributed by atoms with Gasteiger partial charge in [0.2, 0.25) is 0 Å². The number of halogens is 1. The molecule has 0 spiro atoms. The second-order valence-corrected chi connectivity index (χ2v) is 5.32. The van der Waals surface area contributed by atoms with Crippen LogP contribution in [0.1, 0.15) is 31.9 Å². The SMILES string of the molecule is CC(N)c1cccc(F)c1N(C)CC1CC1C. The highest BCUT2D eigenvalue weighted by Crippen LogP contribution is 2.39. The third-order valence-electron chi connectivity index (χ3n) is 3.67. The molecule has 0 amide bonds. The smallest absolute Gasteiger partial charge is 0.146 e. The molecular formula is C14H21FN2. The zero-order valence-corrected chi connectivity index (χ0v) is 10.8. The average Bonchev–Trinajstić information content (AvgIpc) is 2.93. The summed E-state index contributed by atoms with van der Waals surface area (Å²) in [4.78, 5) is 2.02. The van der Waals surface area contributed by atoms with E-state index in [1.54, 1.807) is 6.07 Å². The predicted molar refractivity (Wildman–Crippen MR) is 69.5 cm³/mol. The predicted octanol–water partition coefficient (Wildman–Crippen LogP) is 2.94. The Morgan fingerprint density at radius 2 is 2.18 bits per heavy atom. The Bertz CT molecular complexity index is 403. The van der Waals surface area contributed by atoms with Gasteiger partial charge in [-0.25, -0.2) is 4.39 Å². The summed E-state index contributed by atoms with van der Waals surface area (Å²) in [7, 11) is 1.95. The van der Waals surface area contributed by atoms with E-state index in [4.69, 9.17) is 5.73 Å². The van der Waals surface area contributed by atoms with Gasteiger partial charge >= 0.3 is 0 Å². The lowest BCUT2D eigenvalue weighted by atomic mass is 10.1. The van der Waals surface area contributed by atoms with Crippen molar-refractivity contribution < 1.29 is 4.39 Å². The van der Waals surface area contributed by atoms with Crippen LogP contribution in [0.4, 0.5) is 10.1 Å². The molecule has 0 aliphatic heterocycles. The highest BCUT2D eigenvalue weighted by atomic mass is 19.1. The second-order valence-electron chi connectivity index (χ2n) is 5.32. The van der Waals surface area contributed by atoms with Crippen LogP contribution in [0.2, 0.25) is 0 Å². The summed E-state index contributed by atoms with van der Waals surface area (Å²) in [5.41, 5.74) is 7.46. The Morgan fingerprint density at radius 3 is 2.71 bits per heavy atom. The average molecular weight is 236 g/mol. The summed E-state index contributed by atoms with van der Waals surface area (Å²) in [6.07, 6.45) is 1.26. The van der Waals surface area contributed by atoms with Gasteiger partial charge in [0.15, 0.2) is 0 Å². The molecule has 2 rings (SSSR count). The molecule has 1 aromatic rings. The largest absolute Gasteiger partial charge is 0.372 e. The highest BCUT2D eigenvalue weighted by Gasteiger charge is 2.34. The van der Waals surface area contributed by atoms with E-state index in [1.165, 1.54) is 12.5 Å². The minimum Gasteiger partial charge on any atom is -0.372 e. The third kappa shape index (κ3) is 2.60. The lowest BCUT2D eigenvalue weighted by Gasteiger charge is -2.24. The van der Waals surface area contributed by atoms with Crippen LogP contribution in [0.15, 0.2) is 18.2 Å². The monoisotopic (exact) mass is 236 g/mol. The number of anilines is 1. The molecule has 0 saturated heterocycles. The third-order valence-corrected chi connectivity index (χ3v) is 3.67. The van der Waals surface area contributed by atoms with Crippen LogP contribution in [-0.2, 0) is 0 Å². The summed E-state index contributed by atoms with van der Waals surface area (Å²) in [5.74, 6) is 1.32. The van der Waals surface area contributed by atoms with Gasteiger partial charge in [0.25, 0.3) is 0 Å². The zero-order chi connectivity index (χ0) is 12.6. The molecule has 94 valence electrons. The van der Waals surface area contributed by atoms with Gasteiger partial charge in [0, 0.05) is 19.6 Å². The molecule has 3 atom stereocenters. The fourth-order valence-corrected chi connectivity index (χ4v) is 2.40. The Balaban J connectivity index is 2.23. The van der Waals surface area contributed by atoms with E-state index in [0.29, 0.717) is 11.6 Å². The van der Waals surface area contributed by atoms with Gasteiger partial charge in [-0.15, -0.1) is 0 Å². The minimum absolute atomic E-state index is 0.139. The van der Waals surface area contributed by atoms with Gasteiger partial charge < -0.3 is 10.6 Å². The van der Waals surface area contributed by atoms with Gasteiger partial charge in [-0.1, -0.05) is 19.1 Å². The van der Waals surface area contributed by atoms with Crippen molar-refractivity contribution in [3.05, 3.63) is 29.6 Å². The Morgan fingerprint density at radius 1 is 1.53 bits per heavy atom. The molecule has 17 heavy (non-hydrogen) atoms. The van der Waals surface area contributed by atoms with Crippen molar-refractivity contribution >= 4 is 5.69 Å². The number of nitrogens with zero attached hydrogens (tertiary/aromatic N) is 1. The molecule has 0 radical (unpaired) electrons. The molecular weight excluding hydrogens is 215 g/mol. The van der Waals surface area contributed by atoms with Gasteiger partial charge in [0.05, 0.1) is 5.69 Å². The summed E-state index contributed by atoms with van der Waals surface area (Å²) >= 11 is 0. The molecule has 1 aliphatic rings. The van der Waals surface area contributed by atoms with E-state index in [0.717, 1.165) is 18.0 Å². The first-order valence-corrected chi connectivity index (χ1v) is 6.25. The minimum atomic E-state index is -0.171. The number of nitrogens with two attached hydrogens (primary N) is 1. The molecule has 1 aliphatic carbocycles. The van der Waals surface area contributed by atoms with Crippen LogP contribution in [0, 0.1) is 17.7 Å². The van der Waals surface area contributed by atoms with E-state index >= 15 is 0 Å². The molecule has 2 nitrogen and oxygen atoms in total. The maximum atomic E-state index is 13.9. The number of hydrogen-bond donors (Lipinski definition) is 1. The molecule has 1 saturated carbocycles. The first kappa shape index (κ1) is 12.4. The standard InChI is InChI=1S/C14H21FN2/c1-9-7-11(9)8-17(3)14-12(10(2)16)5-4-6-13(14)15/h4-6,9-11H,7-8,16H2,1-3H3. The summed E-state index contributed by atoms with van der Waals surface area (Å²) < 4.78 is 13.9. The number of para-hydroxylation sites is 1. The molecule has 0 aromatic heterocycles. The van der Waals surface area contributed by atoms with Gasteiger partial charge in [-0.3, -0.25) is 0 Å². The van der Waals surface area contributed by atoms with E-state index in [-0.39, 0.29) is 11.9 Å². The van der Waals surface area contributed by atoms with Gasteiger partial charge in [-0.2, -0.15) is 0 Å². The normalized spacial score (nSPS) is 24.5. The Kier molecular flexibility index (Phi) is 3.38. The zero-order valence-electron chi connectivity index (χ0n) is 10.8. The van der Waals surface area contributed by atoms with Crippen molar-refractivity contribution in [2.75, 3.05) is 18.5 Å². The first-order chi connectivity index (χ1) is 8.00. The van der Waals surface area contributed by atoms with E-state index in [1.807, 2.05) is 24.9 Å². The fraction of sp³-hybridized carbons (Fsp3) is 0.571. The number of rotatable bonds is 4. The van der Waals surface area contributed by atoms with E-state index < -0.39 is 0 Å². The molecule has 3 unspecified atom stereocenters. The van der Waals surface area contributed by atoms with Crippen LogP contribution in [0.25, 0.3) is 0 Å². The summed E-state index contributed by atoms with van der Waals surface area (Å²) in [6, 6.07) is 5.01. The van der Waals surface area contributed by atoms with Crippen molar-refractivity contribution in [3.63, 3.8) is 0 Å². The van der Waals surface area contributed by atoms with Gasteiger partial charge in [0.1, 0.15) is 5.82 Å². The number of hydrogen-bond acceptors (Lipinski definition) is 2. The molecule has 2 N–H and O–H groups in total. The number of benzene rings is 1. The first-order valence-electron chi connectivity index (χ1n) is 6.25. The molecule has 1 fully saturated rings. The fourth-order valence-electron chi connectivity index (χ4n) is 2.40. The van der Waals surface area contributed by atoms with Crippen molar-refractivity contribution in [3.8, 4) is 0 Å².